The van der Waals surface area contributed by atoms with E-state index in [9.17, 15) is 5.11 Å². The van der Waals surface area contributed by atoms with Gasteiger partial charge in [-0.25, -0.2) is 0 Å². The molecule has 0 aromatic carbocycles. The van der Waals surface area contributed by atoms with Gasteiger partial charge in [0.05, 0.1) is 12.8 Å². The van der Waals surface area contributed by atoms with Gasteiger partial charge in [0, 0.05) is 22.8 Å². The van der Waals surface area contributed by atoms with E-state index in [4.69, 9.17) is 0 Å². The van der Waals surface area contributed by atoms with Crippen molar-refractivity contribution in [2.45, 2.75) is 38.3 Å². The second-order valence-electron chi connectivity index (χ2n) is 4.25. The summed E-state index contributed by atoms with van der Waals surface area (Å²) in [7, 11) is 0. The lowest BCUT2D eigenvalue weighted by molar-refractivity contribution is 0.221. The zero-order valence-electron chi connectivity index (χ0n) is 8.67. The van der Waals surface area contributed by atoms with Gasteiger partial charge in [-0.15, -0.1) is 0 Å². The fraction of sp³-hybridized carbons (Fsp3) is 0.700. The molecule has 0 bridgehead atoms. The predicted molar refractivity (Wildman–Crippen MR) is 53.9 cm³/mol. The molecule has 2 rings (SSSR count). The number of aromatic amines is 1. The number of rotatable bonds is 4. The first kappa shape index (κ1) is 9.68. The molecule has 1 aromatic rings. The molecule has 1 heterocycles. The Morgan fingerprint density at radius 1 is 1.71 bits per heavy atom. The van der Waals surface area contributed by atoms with Crippen molar-refractivity contribution in [2.75, 3.05) is 6.61 Å². The van der Waals surface area contributed by atoms with E-state index in [1.54, 1.807) is 0 Å². The molecule has 0 spiro atoms. The fourth-order valence-electron chi connectivity index (χ4n) is 1.83. The van der Waals surface area contributed by atoms with Crippen LogP contribution in [0.15, 0.2) is 6.20 Å². The molecule has 1 saturated carbocycles. The Morgan fingerprint density at radius 2 is 2.43 bits per heavy atom. The first-order chi connectivity index (χ1) is 6.67. The fourth-order valence-corrected chi connectivity index (χ4v) is 1.83. The molecule has 1 fully saturated rings. The smallest absolute Gasteiger partial charge is 0.0613 e. The summed E-state index contributed by atoms with van der Waals surface area (Å²) in [6, 6.07) is 0.253. The van der Waals surface area contributed by atoms with Crippen LogP contribution >= 0.6 is 0 Å². The SMILES string of the molecule is Cc1[nH]ncc1C(C)NC1(CO)CC1. The Labute approximate surface area is 83.7 Å². The summed E-state index contributed by atoms with van der Waals surface area (Å²) in [5.41, 5.74) is 2.27. The summed E-state index contributed by atoms with van der Waals surface area (Å²) in [5.74, 6) is 0. The summed E-state index contributed by atoms with van der Waals surface area (Å²) in [4.78, 5) is 0. The highest BCUT2D eigenvalue weighted by molar-refractivity contribution is 5.20. The maximum atomic E-state index is 9.19. The van der Waals surface area contributed by atoms with Crippen molar-refractivity contribution in [3.8, 4) is 0 Å². The zero-order valence-corrected chi connectivity index (χ0v) is 8.67. The van der Waals surface area contributed by atoms with E-state index in [0.717, 1.165) is 18.5 Å². The van der Waals surface area contributed by atoms with Gasteiger partial charge in [0.1, 0.15) is 0 Å². The van der Waals surface area contributed by atoms with Gasteiger partial charge in [0.15, 0.2) is 0 Å². The number of hydrogen-bond acceptors (Lipinski definition) is 3. The zero-order chi connectivity index (χ0) is 10.2. The van der Waals surface area contributed by atoms with Gasteiger partial charge in [-0.2, -0.15) is 5.10 Å². The van der Waals surface area contributed by atoms with E-state index in [0.29, 0.717) is 0 Å². The second-order valence-corrected chi connectivity index (χ2v) is 4.25. The molecular weight excluding hydrogens is 178 g/mol. The topological polar surface area (TPSA) is 60.9 Å². The highest BCUT2D eigenvalue weighted by Gasteiger charge is 2.42. The molecule has 78 valence electrons. The first-order valence-corrected chi connectivity index (χ1v) is 5.05. The summed E-state index contributed by atoms with van der Waals surface area (Å²) in [6.45, 7) is 4.35. The van der Waals surface area contributed by atoms with Crippen LogP contribution in [-0.2, 0) is 0 Å². The van der Waals surface area contributed by atoms with Gasteiger partial charge in [-0.05, 0) is 26.7 Å². The standard InChI is InChI=1S/C10H17N3O/c1-7(9-5-11-13-8(9)2)12-10(6-14)3-4-10/h5,7,12,14H,3-4,6H2,1-2H3,(H,11,13). The van der Waals surface area contributed by atoms with Crippen LogP contribution in [0.5, 0.6) is 0 Å². The molecule has 4 nitrogen and oxygen atoms in total. The average Bonchev–Trinajstić information content (AvgIpc) is 2.80. The van der Waals surface area contributed by atoms with Crippen LogP contribution in [0.4, 0.5) is 0 Å². The van der Waals surface area contributed by atoms with Crippen LogP contribution < -0.4 is 5.32 Å². The average molecular weight is 195 g/mol. The van der Waals surface area contributed by atoms with Crippen LogP contribution in [0.25, 0.3) is 0 Å². The molecule has 14 heavy (non-hydrogen) atoms. The van der Waals surface area contributed by atoms with E-state index in [-0.39, 0.29) is 18.2 Å². The number of aliphatic hydroxyl groups is 1. The quantitative estimate of drug-likeness (QED) is 0.668. The minimum atomic E-state index is -0.0108. The lowest BCUT2D eigenvalue weighted by atomic mass is 10.1. The lowest BCUT2D eigenvalue weighted by Crippen LogP contribution is -2.36. The molecular formula is C10H17N3O. The molecule has 4 heteroatoms. The maximum absolute atomic E-state index is 9.19. The monoisotopic (exact) mass is 195 g/mol. The van der Waals surface area contributed by atoms with Gasteiger partial charge < -0.3 is 10.4 Å². The van der Waals surface area contributed by atoms with E-state index in [1.807, 2.05) is 13.1 Å². The molecule has 1 atom stereocenters. The van der Waals surface area contributed by atoms with Crippen LogP contribution in [0.3, 0.4) is 0 Å². The number of aryl methyl sites for hydroxylation is 1. The van der Waals surface area contributed by atoms with Crippen LogP contribution in [0, 0.1) is 6.92 Å². The Kier molecular flexibility index (Phi) is 2.33. The van der Waals surface area contributed by atoms with Crippen LogP contribution in [0.1, 0.15) is 37.1 Å². The van der Waals surface area contributed by atoms with Gasteiger partial charge in [0.25, 0.3) is 0 Å². The van der Waals surface area contributed by atoms with Crippen molar-refractivity contribution in [2.24, 2.45) is 0 Å². The van der Waals surface area contributed by atoms with E-state index in [1.165, 1.54) is 5.56 Å². The summed E-state index contributed by atoms with van der Waals surface area (Å²) < 4.78 is 0. The van der Waals surface area contributed by atoms with Gasteiger partial charge >= 0.3 is 0 Å². The third-order valence-electron chi connectivity index (χ3n) is 3.01. The highest BCUT2D eigenvalue weighted by Crippen LogP contribution is 2.37. The van der Waals surface area contributed by atoms with Crippen LogP contribution in [-0.4, -0.2) is 27.4 Å². The van der Waals surface area contributed by atoms with Gasteiger partial charge in [-0.1, -0.05) is 0 Å². The highest BCUT2D eigenvalue weighted by atomic mass is 16.3. The normalized spacial score (nSPS) is 20.8. The van der Waals surface area contributed by atoms with E-state index in [2.05, 4.69) is 22.4 Å². The number of nitrogens with zero attached hydrogens (tertiary/aromatic N) is 1. The molecule has 3 N–H and O–H groups in total. The van der Waals surface area contributed by atoms with Gasteiger partial charge in [-0.3, -0.25) is 5.10 Å². The molecule has 1 aliphatic carbocycles. The van der Waals surface area contributed by atoms with Crippen LogP contribution in [0.2, 0.25) is 0 Å². The maximum Gasteiger partial charge on any atom is 0.0613 e. The van der Waals surface area contributed by atoms with Crippen molar-refractivity contribution < 1.29 is 5.11 Å². The Bertz CT molecular complexity index is 317. The molecule has 1 aliphatic rings. The Balaban J connectivity index is 2.03. The Morgan fingerprint density at radius 3 is 2.86 bits per heavy atom. The number of aliphatic hydroxyl groups excluding tert-OH is 1. The number of H-pyrrole nitrogens is 1. The van der Waals surface area contributed by atoms with Crippen molar-refractivity contribution in [1.82, 2.24) is 15.5 Å². The largest absolute Gasteiger partial charge is 0.394 e. The molecule has 0 saturated heterocycles. The third kappa shape index (κ3) is 1.67. The molecule has 1 unspecified atom stereocenters. The lowest BCUT2D eigenvalue weighted by Gasteiger charge is -2.20. The first-order valence-electron chi connectivity index (χ1n) is 5.05. The number of nitrogens with one attached hydrogen (secondary N) is 2. The summed E-state index contributed by atoms with van der Waals surface area (Å²) in [5, 5.41) is 19.5. The van der Waals surface area contributed by atoms with Crippen molar-refractivity contribution in [3.05, 3.63) is 17.5 Å². The minimum Gasteiger partial charge on any atom is -0.394 e. The predicted octanol–water partition coefficient (Wildman–Crippen LogP) is 0.894. The van der Waals surface area contributed by atoms with Crippen molar-refractivity contribution >= 4 is 0 Å². The molecule has 0 aliphatic heterocycles. The van der Waals surface area contributed by atoms with Crippen molar-refractivity contribution in [1.29, 1.82) is 0 Å². The molecule has 0 radical (unpaired) electrons. The number of hydrogen-bond donors (Lipinski definition) is 3. The minimum absolute atomic E-state index is 0.0108. The third-order valence-corrected chi connectivity index (χ3v) is 3.01. The Hall–Kier alpha value is -0.870. The van der Waals surface area contributed by atoms with E-state index >= 15 is 0 Å². The molecule has 1 aromatic heterocycles. The number of aromatic nitrogens is 2. The summed E-state index contributed by atoms with van der Waals surface area (Å²) >= 11 is 0. The van der Waals surface area contributed by atoms with Gasteiger partial charge in [0.2, 0.25) is 0 Å². The molecule has 0 amide bonds. The van der Waals surface area contributed by atoms with Crippen molar-refractivity contribution in [3.63, 3.8) is 0 Å². The summed E-state index contributed by atoms with van der Waals surface area (Å²) in [6.07, 6.45) is 4.00. The second kappa shape index (κ2) is 3.37. The van der Waals surface area contributed by atoms with E-state index < -0.39 is 0 Å².